The van der Waals surface area contributed by atoms with Crippen LogP contribution < -0.4 is 0 Å². The van der Waals surface area contributed by atoms with Crippen molar-refractivity contribution in [2.24, 2.45) is 10.9 Å². The van der Waals surface area contributed by atoms with Gasteiger partial charge in [0.1, 0.15) is 0 Å². The molecule has 17 heavy (non-hydrogen) atoms. The highest BCUT2D eigenvalue weighted by Crippen LogP contribution is 2.33. The molecule has 2 rings (SSSR count). The van der Waals surface area contributed by atoms with Gasteiger partial charge in [-0.05, 0) is 38.1 Å². The van der Waals surface area contributed by atoms with E-state index in [1.807, 2.05) is 12.1 Å². The number of nitrogens with zero attached hydrogens (tertiary/aromatic N) is 2. The molecule has 1 aliphatic rings. The van der Waals surface area contributed by atoms with Crippen LogP contribution in [0.2, 0.25) is 0 Å². The normalized spacial score (nSPS) is 22.1. The zero-order valence-electron chi connectivity index (χ0n) is 10.4. The van der Waals surface area contributed by atoms with Gasteiger partial charge in [-0.2, -0.15) is 4.99 Å². The number of benzene rings is 1. The van der Waals surface area contributed by atoms with Crippen molar-refractivity contribution >= 4 is 6.08 Å². The van der Waals surface area contributed by atoms with Gasteiger partial charge in [-0.15, -0.1) is 0 Å². The molecule has 3 nitrogen and oxygen atoms in total. The number of hydrogen-bond acceptors (Lipinski definition) is 3. The van der Waals surface area contributed by atoms with E-state index in [0.29, 0.717) is 5.92 Å². The fourth-order valence-corrected chi connectivity index (χ4v) is 2.63. The van der Waals surface area contributed by atoms with Gasteiger partial charge in [-0.1, -0.05) is 24.3 Å². The van der Waals surface area contributed by atoms with Gasteiger partial charge in [0.05, 0.1) is 6.04 Å². The average Bonchev–Trinajstić information content (AvgIpc) is 2.74. The summed E-state index contributed by atoms with van der Waals surface area (Å²) in [4.78, 5) is 17.0. The molecular weight excluding hydrogens is 212 g/mol. The van der Waals surface area contributed by atoms with E-state index < -0.39 is 0 Å². The molecule has 0 spiro atoms. The Kier molecular flexibility index (Phi) is 3.72. The van der Waals surface area contributed by atoms with Gasteiger partial charge in [0.2, 0.25) is 6.08 Å². The van der Waals surface area contributed by atoms with E-state index in [2.05, 4.69) is 36.0 Å². The number of hydrogen-bond donors (Lipinski definition) is 0. The number of carbonyl (C=O) groups excluding carboxylic acids is 1. The second-order valence-corrected chi connectivity index (χ2v) is 4.83. The molecule has 0 amide bonds. The molecule has 1 heterocycles. The van der Waals surface area contributed by atoms with Crippen molar-refractivity contribution in [1.29, 1.82) is 0 Å². The third kappa shape index (κ3) is 2.63. The molecule has 90 valence electrons. The van der Waals surface area contributed by atoms with Crippen LogP contribution in [0.5, 0.6) is 0 Å². The topological polar surface area (TPSA) is 32.7 Å². The largest absolute Gasteiger partial charge is 0.306 e. The molecule has 0 N–H and O–H groups in total. The van der Waals surface area contributed by atoms with E-state index in [-0.39, 0.29) is 6.04 Å². The lowest BCUT2D eigenvalue weighted by Crippen LogP contribution is -2.18. The Labute approximate surface area is 102 Å². The third-order valence-electron chi connectivity index (χ3n) is 3.57. The predicted octanol–water partition coefficient (Wildman–Crippen LogP) is 2.32. The van der Waals surface area contributed by atoms with Crippen molar-refractivity contribution in [2.75, 3.05) is 20.1 Å². The minimum absolute atomic E-state index is 0.0290. The SMILES string of the molecule is Cc1ccccc1C(N=C=O)C1CCN(C)C1. The lowest BCUT2D eigenvalue weighted by Gasteiger charge is -2.20. The fourth-order valence-electron chi connectivity index (χ4n) is 2.63. The lowest BCUT2D eigenvalue weighted by molar-refractivity contribution is 0.372. The average molecular weight is 230 g/mol. The van der Waals surface area contributed by atoms with E-state index in [4.69, 9.17) is 0 Å². The van der Waals surface area contributed by atoms with Gasteiger partial charge in [-0.25, -0.2) is 4.79 Å². The van der Waals surface area contributed by atoms with Gasteiger partial charge in [0, 0.05) is 12.5 Å². The molecule has 2 unspecified atom stereocenters. The Morgan fingerprint density at radius 2 is 2.24 bits per heavy atom. The monoisotopic (exact) mass is 230 g/mol. The summed E-state index contributed by atoms with van der Waals surface area (Å²) in [6.07, 6.45) is 2.84. The molecule has 3 heteroatoms. The lowest BCUT2D eigenvalue weighted by atomic mass is 9.90. The first-order valence-corrected chi connectivity index (χ1v) is 6.03. The Balaban J connectivity index is 2.29. The van der Waals surface area contributed by atoms with Crippen LogP contribution in [0.4, 0.5) is 0 Å². The Morgan fingerprint density at radius 1 is 1.47 bits per heavy atom. The highest BCUT2D eigenvalue weighted by molar-refractivity contribution is 5.38. The van der Waals surface area contributed by atoms with Crippen molar-refractivity contribution < 1.29 is 4.79 Å². The summed E-state index contributed by atoms with van der Waals surface area (Å²) in [7, 11) is 2.11. The van der Waals surface area contributed by atoms with E-state index in [0.717, 1.165) is 25.1 Å². The standard InChI is InChI=1S/C14H18N2O/c1-11-5-3-4-6-13(11)14(15-10-17)12-7-8-16(2)9-12/h3-6,12,14H,7-9H2,1-2H3. The van der Waals surface area contributed by atoms with Crippen molar-refractivity contribution in [3.05, 3.63) is 35.4 Å². The van der Waals surface area contributed by atoms with Gasteiger partial charge < -0.3 is 4.90 Å². The van der Waals surface area contributed by atoms with Crippen LogP contribution in [0.3, 0.4) is 0 Å². The van der Waals surface area contributed by atoms with E-state index in [9.17, 15) is 4.79 Å². The van der Waals surface area contributed by atoms with Crippen molar-refractivity contribution in [2.45, 2.75) is 19.4 Å². The van der Waals surface area contributed by atoms with Crippen LogP contribution in [-0.4, -0.2) is 31.1 Å². The Bertz CT molecular complexity index is 438. The summed E-state index contributed by atoms with van der Waals surface area (Å²) in [5.74, 6) is 0.433. The summed E-state index contributed by atoms with van der Waals surface area (Å²) in [5.41, 5.74) is 2.36. The van der Waals surface area contributed by atoms with E-state index in [1.54, 1.807) is 6.08 Å². The molecule has 1 aromatic rings. The summed E-state index contributed by atoms with van der Waals surface area (Å²) in [6.45, 7) is 4.16. The number of isocyanates is 1. The first kappa shape index (κ1) is 12.0. The van der Waals surface area contributed by atoms with Crippen molar-refractivity contribution in [3.63, 3.8) is 0 Å². The van der Waals surface area contributed by atoms with Crippen LogP contribution in [0.1, 0.15) is 23.6 Å². The maximum Gasteiger partial charge on any atom is 0.235 e. The quantitative estimate of drug-likeness (QED) is 0.589. The Morgan fingerprint density at radius 3 is 2.82 bits per heavy atom. The highest BCUT2D eigenvalue weighted by Gasteiger charge is 2.29. The van der Waals surface area contributed by atoms with Gasteiger partial charge >= 0.3 is 0 Å². The number of aryl methyl sites for hydroxylation is 1. The van der Waals surface area contributed by atoms with Crippen LogP contribution in [0, 0.1) is 12.8 Å². The van der Waals surface area contributed by atoms with Gasteiger partial charge in [0.15, 0.2) is 0 Å². The highest BCUT2D eigenvalue weighted by atomic mass is 16.1. The molecule has 0 aliphatic carbocycles. The zero-order valence-corrected chi connectivity index (χ0v) is 10.4. The minimum atomic E-state index is -0.0290. The summed E-state index contributed by atoms with van der Waals surface area (Å²) < 4.78 is 0. The third-order valence-corrected chi connectivity index (χ3v) is 3.57. The van der Waals surface area contributed by atoms with Crippen LogP contribution in [0.25, 0.3) is 0 Å². The van der Waals surface area contributed by atoms with Crippen molar-refractivity contribution in [3.8, 4) is 0 Å². The molecule has 1 aromatic carbocycles. The maximum atomic E-state index is 10.6. The molecule has 1 fully saturated rings. The molecule has 1 saturated heterocycles. The zero-order chi connectivity index (χ0) is 12.3. The molecule has 1 aliphatic heterocycles. The second kappa shape index (κ2) is 5.26. The van der Waals surface area contributed by atoms with E-state index >= 15 is 0 Å². The van der Waals surface area contributed by atoms with Gasteiger partial charge in [-0.3, -0.25) is 0 Å². The molecule has 0 bridgehead atoms. The smallest absolute Gasteiger partial charge is 0.235 e. The molecule has 0 aromatic heterocycles. The van der Waals surface area contributed by atoms with E-state index in [1.165, 1.54) is 5.56 Å². The molecule has 0 radical (unpaired) electrons. The molecule has 0 saturated carbocycles. The number of likely N-dealkylation sites (tertiary alicyclic amines) is 1. The van der Waals surface area contributed by atoms with Crippen LogP contribution in [-0.2, 0) is 4.79 Å². The summed E-state index contributed by atoms with van der Waals surface area (Å²) >= 11 is 0. The molecule has 2 atom stereocenters. The number of rotatable bonds is 3. The number of aliphatic imine (C=N–C) groups is 1. The van der Waals surface area contributed by atoms with Crippen LogP contribution >= 0.6 is 0 Å². The summed E-state index contributed by atoms with van der Waals surface area (Å²) in [6, 6.07) is 8.13. The predicted molar refractivity (Wildman–Crippen MR) is 67.6 cm³/mol. The van der Waals surface area contributed by atoms with Crippen LogP contribution in [0.15, 0.2) is 29.3 Å². The first-order valence-electron chi connectivity index (χ1n) is 6.03. The summed E-state index contributed by atoms with van der Waals surface area (Å²) in [5, 5.41) is 0. The second-order valence-electron chi connectivity index (χ2n) is 4.83. The fraction of sp³-hybridized carbons (Fsp3) is 0.500. The van der Waals surface area contributed by atoms with Crippen molar-refractivity contribution in [1.82, 2.24) is 4.90 Å². The Hall–Kier alpha value is -1.44. The van der Waals surface area contributed by atoms with Gasteiger partial charge in [0.25, 0.3) is 0 Å². The first-order chi connectivity index (χ1) is 8.22. The minimum Gasteiger partial charge on any atom is -0.306 e. The maximum absolute atomic E-state index is 10.6. The molecular formula is C14H18N2O.